The number of nitrogens with zero attached hydrogens (tertiary/aromatic N) is 2. The van der Waals surface area contributed by atoms with Crippen molar-refractivity contribution in [2.75, 3.05) is 13.1 Å². The summed E-state index contributed by atoms with van der Waals surface area (Å²) in [5, 5.41) is 1.96. The zero-order valence-corrected chi connectivity index (χ0v) is 19.2. The first-order valence-corrected chi connectivity index (χ1v) is 11.6. The summed E-state index contributed by atoms with van der Waals surface area (Å²) in [7, 11) is 0. The fraction of sp³-hybridized carbons (Fsp3) is 0.143. The number of carbonyl (C=O) groups excluding carboxylic acids is 4. The predicted octanol–water partition coefficient (Wildman–Crippen LogP) is 5.25. The topological polar surface area (TPSA) is 74.8 Å². The van der Waals surface area contributed by atoms with Gasteiger partial charge in [0.1, 0.15) is 11.6 Å². The summed E-state index contributed by atoms with van der Waals surface area (Å²) >= 11 is 0. The van der Waals surface area contributed by atoms with Crippen LogP contribution in [0.1, 0.15) is 55.3 Å². The van der Waals surface area contributed by atoms with Crippen LogP contribution in [0.25, 0.3) is 43.1 Å². The molecule has 0 bridgehead atoms. The number of benzene rings is 5. The van der Waals surface area contributed by atoms with Crippen molar-refractivity contribution in [1.82, 2.24) is 9.80 Å². The van der Waals surface area contributed by atoms with Gasteiger partial charge in [-0.2, -0.15) is 0 Å². The molecule has 0 spiro atoms. The van der Waals surface area contributed by atoms with E-state index in [1.807, 2.05) is 0 Å². The Bertz CT molecular complexity index is 1800. The number of rotatable bonds is 2. The Morgan fingerprint density at radius 2 is 0.917 bits per heavy atom. The third kappa shape index (κ3) is 2.16. The van der Waals surface area contributed by atoms with E-state index in [-0.39, 0.29) is 56.9 Å². The average Bonchev–Trinajstić information content (AvgIpc) is 2.86. The monoisotopic (exact) mass is 482 g/mol. The third-order valence-electron chi connectivity index (χ3n) is 7.54. The molecule has 0 fully saturated rings. The van der Waals surface area contributed by atoms with E-state index in [1.54, 1.807) is 38.1 Å². The van der Waals surface area contributed by atoms with Crippen LogP contribution in [0.3, 0.4) is 0 Å². The Morgan fingerprint density at radius 1 is 0.528 bits per heavy atom. The minimum absolute atomic E-state index is 0.00180. The number of fused-ring (bicyclic) bond motifs is 2. The van der Waals surface area contributed by atoms with Gasteiger partial charge in [0.25, 0.3) is 23.6 Å². The zero-order valence-electron chi connectivity index (χ0n) is 19.2. The summed E-state index contributed by atoms with van der Waals surface area (Å²) in [5.41, 5.74) is 0.570. The van der Waals surface area contributed by atoms with Gasteiger partial charge >= 0.3 is 0 Å². The summed E-state index contributed by atoms with van der Waals surface area (Å²) < 4.78 is 31.7. The first-order valence-electron chi connectivity index (χ1n) is 11.6. The second-order valence-corrected chi connectivity index (χ2v) is 9.09. The van der Waals surface area contributed by atoms with Crippen molar-refractivity contribution in [2.45, 2.75) is 13.8 Å². The van der Waals surface area contributed by atoms with Gasteiger partial charge in [-0.25, -0.2) is 8.78 Å². The molecule has 8 heteroatoms. The van der Waals surface area contributed by atoms with Crippen LogP contribution in [0.4, 0.5) is 8.78 Å². The van der Waals surface area contributed by atoms with Crippen molar-refractivity contribution in [2.24, 2.45) is 0 Å². The van der Waals surface area contributed by atoms with E-state index < -0.39 is 35.3 Å². The van der Waals surface area contributed by atoms with Crippen LogP contribution in [0.5, 0.6) is 0 Å². The Kier molecular flexibility index (Phi) is 3.83. The molecule has 0 radical (unpaired) electrons. The molecule has 0 N–H and O–H groups in total. The molecule has 6 nitrogen and oxygen atoms in total. The first kappa shape index (κ1) is 20.9. The second-order valence-electron chi connectivity index (χ2n) is 9.09. The van der Waals surface area contributed by atoms with Gasteiger partial charge in [0, 0.05) is 51.1 Å². The van der Waals surface area contributed by atoms with E-state index in [0.29, 0.717) is 21.5 Å². The molecule has 2 heterocycles. The van der Waals surface area contributed by atoms with Gasteiger partial charge in [0.15, 0.2) is 0 Å². The number of halogens is 2. The molecule has 2 aliphatic rings. The third-order valence-corrected chi connectivity index (χ3v) is 7.54. The van der Waals surface area contributed by atoms with E-state index in [4.69, 9.17) is 0 Å². The summed E-state index contributed by atoms with van der Waals surface area (Å²) in [6, 6.07) is 8.46. The van der Waals surface area contributed by atoms with Gasteiger partial charge in [-0.1, -0.05) is 12.1 Å². The number of imide groups is 2. The number of hydrogen-bond acceptors (Lipinski definition) is 4. The maximum Gasteiger partial charge on any atom is 0.261 e. The van der Waals surface area contributed by atoms with Crippen molar-refractivity contribution in [3.05, 3.63) is 70.3 Å². The van der Waals surface area contributed by atoms with Crippen LogP contribution in [0.15, 0.2) is 36.4 Å². The van der Waals surface area contributed by atoms with Crippen molar-refractivity contribution < 1.29 is 28.0 Å². The average molecular weight is 482 g/mol. The molecule has 0 aliphatic carbocycles. The van der Waals surface area contributed by atoms with Crippen molar-refractivity contribution in [1.29, 1.82) is 0 Å². The smallest absolute Gasteiger partial charge is 0.261 e. The second kappa shape index (κ2) is 6.60. The molecule has 2 aliphatic heterocycles. The van der Waals surface area contributed by atoms with E-state index in [1.165, 1.54) is 0 Å². The van der Waals surface area contributed by atoms with Gasteiger partial charge in [0.05, 0.1) is 11.1 Å². The number of hydrogen-bond donors (Lipinski definition) is 0. The summed E-state index contributed by atoms with van der Waals surface area (Å²) in [4.78, 5) is 54.4. The SMILES string of the molecule is CCN1C(=O)c2ccc3c4c(F)cc5c6c(cc(F)c(c7ccc(c2c37)C1=O)c64)C(=O)N(CC)C5=O. The number of carbonyl (C=O) groups is 4. The quantitative estimate of drug-likeness (QED) is 0.196. The highest BCUT2D eigenvalue weighted by molar-refractivity contribution is 6.41. The Balaban J connectivity index is 1.77. The van der Waals surface area contributed by atoms with Crippen LogP contribution in [0, 0.1) is 11.6 Å². The van der Waals surface area contributed by atoms with Gasteiger partial charge in [-0.05, 0) is 54.3 Å². The Labute approximate surface area is 202 Å². The first-order chi connectivity index (χ1) is 17.3. The lowest BCUT2D eigenvalue weighted by molar-refractivity contribution is 0.0603. The van der Waals surface area contributed by atoms with E-state index >= 15 is 8.78 Å². The highest BCUT2D eigenvalue weighted by atomic mass is 19.1. The highest BCUT2D eigenvalue weighted by Gasteiger charge is 2.37. The lowest BCUT2D eigenvalue weighted by atomic mass is 9.82. The van der Waals surface area contributed by atoms with Crippen LogP contribution in [-0.4, -0.2) is 46.5 Å². The lowest BCUT2D eigenvalue weighted by Gasteiger charge is -2.29. The Hall–Kier alpha value is -4.46. The largest absolute Gasteiger partial charge is 0.275 e. The van der Waals surface area contributed by atoms with E-state index in [0.717, 1.165) is 21.9 Å². The lowest BCUT2D eigenvalue weighted by Crippen LogP contribution is -2.40. The standard InChI is InChI=1S/C28H16F2N2O4/c1-3-31-25(33)13-7-5-11-19-12(6-8-14(20(13)19)26(31)34)23-18(30)10-16-21-15(9-17(29)22(11)24(21)23)27(35)32(4-2)28(16)36/h5-10H,3-4H2,1-2H3. The molecule has 7 rings (SSSR count). The number of amides is 4. The molecule has 0 unspecified atom stereocenters. The van der Waals surface area contributed by atoms with Crippen molar-refractivity contribution in [3.8, 4) is 0 Å². The van der Waals surface area contributed by atoms with E-state index in [2.05, 4.69) is 0 Å². The maximum absolute atomic E-state index is 15.8. The molecule has 36 heavy (non-hydrogen) atoms. The normalized spacial score (nSPS) is 15.6. The van der Waals surface area contributed by atoms with Crippen molar-refractivity contribution >= 4 is 66.7 Å². The van der Waals surface area contributed by atoms with Crippen molar-refractivity contribution in [3.63, 3.8) is 0 Å². The van der Waals surface area contributed by atoms with Gasteiger partial charge < -0.3 is 0 Å². The van der Waals surface area contributed by atoms with Gasteiger partial charge in [-0.3, -0.25) is 29.0 Å². The minimum atomic E-state index is -0.746. The molecule has 0 saturated heterocycles. The van der Waals surface area contributed by atoms with Crippen LogP contribution in [-0.2, 0) is 0 Å². The van der Waals surface area contributed by atoms with Gasteiger partial charge in [-0.15, -0.1) is 0 Å². The fourth-order valence-corrected chi connectivity index (χ4v) is 6.04. The minimum Gasteiger partial charge on any atom is -0.275 e. The van der Waals surface area contributed by atoms with E-state index in [9.17, 15) is 19.2 Å². The molecule has 0 atom stereocenters. The summed E-state index contributed by atoms with van der Waals surface area (Å²) in [6.45, 7) is 3.58. The van der Waals surface area contributed by atoms with Gasteiger partial charge in [0.2, 0.25) is 0 Å². The molecule has 176 valence electrons. The van der Waals surface area contributed by atoms with Crippen LogP contribution >= 0.6 is 0 Å². The molecule has 5 aromatic carbocycles. The molecule has 0 saturated carbocycles. The molecule has 0 aromatic heterocycles. The maximum atomic E-state index is 15.8. The molecule has 5 aromatic rings. The van der Waals surface area contributed by atoms with Crippen LogP contribution in [0.2, 0.25) is 0 Å². The summed E-state index contributed by atoms with van der Waals surface area (Å²) in [6.07, 6.45) is 0. The fourth-order valence-electron chi connectivity index (χ4n) is 6.04. The highest BCUT2D eigenvalue weighted by Crippen LogP contribution is 2.47. The van der Waals surface area contributed by atoms with Crippen LogP contribution < -0.4 is 0 Å². The molecular formula is C28H16F2N2O4. The summed E-state index contributed by atoms with van der Waals surface area (Å²) in [5.74, 6) is -3.69. The molecular weight excluding hydrogens is 466 g/mol. The zero-order chi connectivity index (χ0) is 25.2. The Morgan fingerprint density at radius 3 is 1.33 bits per heavy atom. The predicted molar refractivity (Wildman–Crippen MR) is 130 cm³/mol. The molecule has 4 amide bonds.